The number of hydrogen-bond donors (Lipinski definition) is 1. The molecule has 1 aromatic heterocycles. The molecule has 116 valence electrons. The molecule has 1 saturated heterocycles. The van der Waals surface area contributed by atoms with Crippen LogP contribution in [0.1, 0.15) is 30.5 Å². The molecule has 1 N–H and O–H groups in total. The van der Waals surface area contributed by atoms with E-state index in [1.807, 2.05) is 12.3 Å². The molecule has 1 aromatic rings. The first-order chi connectivity index (χ1) is 9.85. The van der Waals surface area contributed by atoms with Gasteiger partial charge in [0.05, 0.1) is 11.9 Å². The fourth-order valence-electron chi connectivity index (χ4n) is 3.76. The van der Waals surface area contributed by atoms with Gasteiger partial charge in [-0.05, 0) is 49.8 Å². The van der Waals surface area contributed by atoms with Crippen molar-refractivity contribution in [2.75, 3.05) is 19.3 Å². The third kappa shape index (κ3) is 3.44. The smallest absolute Gasteiger partial charge is 0.208 e. The Labute approximate surface area is 126 Å². The van der Waals surface area contributed by atoms with Gasteiger partial charge in [0.15, 0.2) is 0 Å². The molecule has 21 heavy (non-hydrogen) atoms. The minimum atomic E-state index is -3.07. The second-order valence-corrected chi connectivity index (χ2v) is 8.50. The summed E-state index contributed by atoms with van der Waals surface area (Å²) in [5.41, 5.74) is 2.72. The summed E-state index contributed by atoms with van der Waals surface area (Å²) in [5, 5.41) is 0. The van der Waals surface area contributed by atoms with Crippen molar-refractivity contribution in [3.63, 3.8) is 0 Å². The van der Waals surface area contributed by atoms with Crippen LogP contribution in [-0.4, -0.2) is 43.7 Å². The minimum absolute atomic E-state index is 0.136. The second-order valence-electron chi connectivity index (χ2n) is 6.72. The standard InChI is InChI=1S/C15H23N3O2S/c1-12-4-3-6-16-14(12)10-18-7-5-15(11-18)8-13(9-15)17-21(2,19)20/h3-4,6,13,17H,5,7-11H2,1-2H3. The molecule has 0 atom stereocenters. The molecule has 1 spiro atoms. The number of rotatable bonds is 4. The fourth-order valence-corrected chi connectivity index (χ4v) is 4.54. The van der Waals surface area contributed by atoms with E-state index < -0.39 is 10.0 Å². The monoisotopic (exact) mass is 309 g/mol. The first-order valence-electron chi connectivity index (χ1n) is 7.45. The largest absolute Gasteiger partial charge is 0.297 e. The lowest BCUT2D eigenvalue weighted by Gasteiger charge is -2.45. The molecule has 2 heterocycles. The summed E-state index contributed by atoms with van der Waals surface area (Å²) in [4.78, 5) is 6.91. The van der Waals surface area contributed by atoms with E-state index in [9.17, 15) is 8.42 Å². The van der Waals surface area contributed by atoms with E-state index in [4.69, 9.17) is 0 Å². The van der Waals surface area contributed by atoms with Crippen molar-refractivity contribution in [3.8, 4) is 0 Å². The molecule has 0 amide bonds. The highest BCUT2D eigenvalue weighted by atomic mass is 32.2. The first-order valence-corrected chi connectivity index (χ1v) is 9.35. The third-order valence-corrected chi connectivity index (χ3v) is 5.51. The van der Waals surface area contributed by atoms with Crippen LogP contribution in [0.25, 0.3) is 0 Å². The molecule has 1 saturated carbocycles. The Morgan fingerprint density at radius 1 is 1.48 bits per heavy atom. The van der Waals surface area contributed by atoms with Gasteiger partial charge in [0.25, 0.3) is 0 Å². The molecule has 3 rings (SSSR count). The molecule has 2 fully saturated rings. The maximum atomic E-state index is 11.3. The molecule has 1 aliphatic carbocycles. The SMILES string of the molecule is Cc1cccnc1CN1CCC2(CC(NS(C)(=O)=O)C2)C1. The summed E-state index contributed by atoms with van der Waals surface area (Å²) in [6.45, 7) is 5.15. The first kappa shape index (κ1) is 14.9. The van der Waals surface area contributed by atoms with Crippen LogP contribution in [0.4, 0.5) is 0 Å². The predicted molar refractivity (Wildman–Crippen MR) is 82.3 cm³/mol. The van der Waals surface area contributed by atoms with E-state index in [1.54, 1.807) is 0 Å². The molecule has 2 aliphatic rings. The lowest BCUT2D eigenvalue weighted by atomic mass is 9.65. The highest BCUT2D eigenvalue weighted by molar-refractivity contribution is 7.88. The molecule has 0 aromatic carbocycles. The third-order valence-electron chi connectivity index (χ3n) is 4.75. The Morgan fingerprint density at radius 3 is 2.90 bits per heavy atom. The Kier molecular flexibility index (Phi) is 3.80. The molecule has 0 unspecified atom stereocenters. The van der Waals surface area contributed by atoms with E-state index in [-0.39, 0.29) is 6.04 Å². The van der Waals surface area contributed by atoms with Crippen molar-refractivity contribution in [3.05, 3.63) is 29.6 Å². The van der Waals surface area contributed by atoms with Crippen LogP contribution in [0.15, 0.2) is 18.3 Å². The van der Waals surface area contributed by atoms with E-state index in [0.29, 0.717) is 5.41 Å². The van der Waals surface area contributed by atoms with Crippen LogP contribution in [0.3, 0.4) is 0 Å². The van der Waals surface area contributed by atoms with Gasteiger partial charge < -0.3 is 0 Å². The van der Waals surface area contributed by atoms with Crippen LogP contribution >= 0.6 is 0 Å². The Morgan fingerprint density at radius 2 is 2.24 bits per heavy atom. The van der Waals surface area contributed by atoms with Gasteiger partial charge in [0.1, 0.15) is 0 Å². The second kappa shape index (κ2) is 5.34. The molecule has 0 radical (unpaired) electrons. The molecule has 6 heteroatoms. The Balaban J connectivity index is 1.54. The number of pyridine rings is 1. The van der Waals surface area contributed by atoms with Crippen molar-refractivity contribution in [1.82, 2.24) is 14.6 Å². The Hall–Kier alpha value is -0.980. The van der Waals surface area contributed by atoms with Crippen LogP contribution in [0, 0.1) is 12.3 Å². The maximum absolute atomic E-state index is 11.3. The average Bonchev–Trinajstić information content (AvgIpc) is 2.74. The zero-order valence-corrected chi connectivity index (χ0v) is 13.5. The van der Waals surface area contributed by atoms with Crippen LogP contribution in [-0.2, 0) is 16.6 Å². The number of nitrogens with one attached hydrogen (secondary N) is 1. The fraction of sp³-hybridized carbons (Fsp3) is 0.667. The van der Waals surface area contributed by atoms with Gasteiger partial charge in [0, 0.05) is 25.3 Å². The van der Waals surface area contributed by atoms with Crippen molar-refractivity contribution in [2.45, 2.75) is 38.8 Å². The summed E-state index contributed by atoms with van der Waals surface area (Å²) < 4.78 is 25.2. The van der Waals surface area contributed by atoms with E-state index in [2.05, 4.69) is 27.6 Å². The lowest BCUT2D eigenvalue weighted by molar-refractivity contribution is 0.101. The Bertz CT molecular complexity index is 624. The number of aryl methyl sites for hydroxylation is 1. The maximum Gasteiger partial charge on any atom is 0.208 e. The summed E-state index contributed by atoms with van der Waals surface area (Å²) in [7, 11) is -3.07. The molecular formula is C15H23N3O2S. The summed E-state index contributed by atoms with van der Waals surface area (Å²) >= 11 is 0. The zero-order valence-electron chi connectivity index (χ0n) is 12.7. The van der Waals surface area contributed by atoms with Gasteiger partial charge in [-0.15, -0.1) is 0 Å². The van der Waals surface area contributed by atoms with Gasteiger partial charge in [-0.3, -0.25) is 9.88 Å². The highest BCUT2D eigenvalue weighted by Crippen LogP contribution is 2.48. The molecule has 0 bridgehead atoms. The van der Waals surface area contributed by atoms with Gasteiger partial charge >= 0.3 is 0 Å². The van der Waals surface area contributed by atoms with Gasteiger partial charge in [0.2, 0.25) is 10.0 Å². The van der Waals surface area contributed by atoms with Gasteiger partial charge in [-0.2, -0.15) is 0 Å². The van der Waals surface area contributed by atoms with Crippen molar-refractivity contribution in [1.29, 1.82) is 0 Å². The van der Waals surface area contributed by atoms with Gasteiger partial charge in [-0.25, -0.2) is 13.1 Å². The summed E-state index contributed by atoms with van der Waals surface area (Å²) in [6, 6.07) is 4.21. The van der Waals surface area contributed by atoms with E-state index in [1.165, 1.54) is 18.2 Å². The number of aromatic nitrogens is 1. The topological polar surface area (TPSA) is 62.3 Å². The number of hydrogen-bond acceptors (Lipinski definition) is 4. The predicted octanol–water partition coefficient (Wildman–Crippen LogP) is 1.29. The number of sulfonamides is 1. The number of likely N-dealkylation sites (tertiary alicyclic amines) is 1. The van der Waals surface area contributed by atoms with Crippen LogP contribution in [0.2, 0.25) is 0 Å². The normalized spacial score (nSPS) is 29.7. The quantitative estimate of drug-likeness (QED) is 0.910. The summed E-state index contributed by atoms with van der Waals surface area (Å²) in [6.07, 6.45) is 6.20. The minimum Gasteiger partial charge on any atom is -0.297 e. The van der Waals surface area contributed by atoms with Gasteiger partial charge in [-0.1, -0.05) is 6.07 Å². The molecule has 1 aliphatic heterocycles. The molecule has 5 nitrogen and oxygen atoms in total. The molecular weight excluding hydrogens is 286 g/mol. The zero-order chi connectivity index (χ0) is 15.1. The van der Waals surface area contributed by atoms with Crippen LogP contribution < -0.4 is 4.72 Å². The van der Waals surface area contributed by atoms with Crippen molar-refractivity contribution >= 4 is 10.0 Å². The highest BCUT2D eigenvalue weighted by Gasteiger charge is 2.48. The van der Waals surface area contributed by atoms with E-state index >= 15 is 0 Å². The van der Waals surface area contributed by atoms with E-state index in [0.717, 1.165) is 38.2 Å². The lowest BCUT2D eigenvalue weighted by Crippen LogP contribution is -2.51. The van der Waals surface area contributed by atoms with Crippen molar-refractivity contribution < 1.29 is 8.42 Å². The van der Waals surface area contributed by atoms with Crippen molar-refractivity contribution in [2.24, 2.45) is 5.41 Å². The van der Waals surface area contributed by atoms with Crippen LogP contribution in [0.5, 0.6) is 0 Å². The summed E-state index contributed by atoms with van der Waals surface area (Å²) in [5.74, 6) is 0. The average molecular weight is 309 g/mol. The number of nitrogens with zero attached hydrogens (tertiary/aromatic N) is 2.